The van der Waals surface area contributed by atoms with Crippen molar-refractivity contribution in [1.29, 1.82) is 0 Å². The van der Waals surface area contributed by atoms with Crippen LogP contribution in [0.2, 0.25) is 0 Å². The first-order chi connectivity index (χ1) is 10.6. The van der Waals surface area contributed by atoms with Crippen LogP contribution in [0.5, 0.6) is 5.75 Å². The van der Waals surface area contributed by atoms with Crippen LogP contribution in [0.4, 0.5) is 4.39 Å². The molecule has 2 saturated carbocycles. The summed E-state index contributed by atoms with van der Waals surface area (Å²) >= 11 is 3.22. The van der Waals surface area contributed by atoms with Crippen molar-refractivity contribution in [2.24, 2.45) is 16.7 Å². The minimum absolute atomic E-state index is 0.0827. The summed E-state index contributed by atoms with van der Waals surface area (Å²) in [4.78, 5) is 26.2. The molecule has 2 aliphatic carbocycles. The number of hydrogen-bond donors (Lipinski definition) is 0. The van der Waals surface area contributed by atoms with Gasteiger partial charge in [-0.15, -0.1) is 0 Å². The number of benzene rings is 1. The zero-order chi connectivity index (χ0) is 17.2. The van der Waals surface area contributed by atoms with Gasteiger partial charge in [0.25, 0.3) is 0 Å². The molecule has 0 aliphatic heterocycles. The summed E-state index contributed by atoms with van der Waals surface area (Å²) in [6, 6.07) is 2.88. The van der Waals surface area contributed by atoms with Crippen LogP contribution in [-0.4, -0.2) is 18.7 Å². The van der Waals surface area contributed by atoms with Crippen molar-refractivity contribution in [1.82, 2.24) is 0 Å². The molecule has 0 heterocycles. The van der Waals surface area contributed by atoms with Gasteiger partial charge in [-0.2, -0.15) is 0 Å². The molecule has 5 heteroatoms. The van der Waals surface area contributed by atoms with Crippen molar-refractivity contribution in [3.8, 4) is 5.75 Å². The number of ether oxygens (including phenoxy) is 1. The number of carbonyl (C=O) groups excluding carboxylic acids is 2. The summed E-state index contributed by atoms with van der Waals surface area (Å²) in [5.41, 5.74) is -0.920. The summed E-state index contributed by atoms with van der Waals surface area (Å²) in [6.07, 6.45) is 1.36. The van der Waals surface area contributed by atoms with Gasteiger partial charge >= 0.3 is 0 Å². The zero-order valence-corrected chi connectivity index (χ0v) is 15.3. The molecule has 0 amide bonds. The molecule has 3 nitrogen and oxygen atoms in total. The van der Waals surface area contributed by atoms with Gasteiger partial charge in [0.2, 0.25) is 0 Å². The minimum Gasteiger partial charge on any atom is -0.496 e. The zero-order valence-electron chi connectivity index (χ0n) is 13.7. The van der Waals surface area contributed by atoms with Crippen molar-refractivity contribution >= 4 is 27.5 Å². The molecule has 2 aliphatic rings. The number of fused-ring (bicyclic) bond motifs is 2. The van der Waals surface area contributed by atoms with Crippen LogP contribution in [0, 0.1) is 22.6 Å². The fourth-order valence-corrected chi connectivity index (χ4v) is 4.78. The third-order valence-electron chi connectivity index (χ3n) is 6.23. The van der Waals surface area contributed by atoms with E-state index in [9.17, 15) is 14.0 Å². The monoisotopic (exact) mass is 382 g/mol. The van der Waals surface area contributed by atoms with Crippen molar-refractivity contribution in [3.05, 3.63) is 28.0 Å². The van der Waals surface area contributed by atoms with E-state index in [0.717, 1.165) is 0 Å². The molecule has 23 heavy (non-hydrogen) atoms. The predicted octanol–water partition coefficient (Wildman–Crippen LogP) is 4.27. The van der Waals surface area contributed by atoms with Gasteiger partial charge in [-0.05, 0) is 30.4 Å². The normalized spacial score (nSPS) is 32.3. The highest BCUT2D eigenvalue weighted by atomic mass is 79.9. The van der Waals surface area contributed by atoms with E-state index in [0.29, 0.717) is 17.3 Å². The topological polar surface area (TPSA) is 43.4 Å². The van der Waals surface area contributed by atoms with E-state index < -0.39 is 22.6 Å². The highest BCUT2D eigenvalue weighted by Gasteiger charge is 2.65. The molecule has 0 aromatic heterocycles. The Morgan fingerprint density at radius 3 is 2.52 bits per heavy atom. The molecule has 0 radical (unpaired) electrons. The third kappa shape index (κ3) is 2.05. The molecule has 0 N–H and O–H groups in total. The largest absolute Gasteiger partial charge is 0.496 e. The maximum atomic E-state index is 14.6. The van der Waals surface area contributed by atoms with Gasteiger partial charge in [0.1, 0.15) is 17.5 Å². The number of Topliss-reactive ketones (excluding diaryl/α,β-unsaturated/α-hetero) is 2. The van der Waals surface area contributed by atoms with Crippen LogP contribution in [0.1, 0.15) is 45.1 Å². The molecule has 0 spiro atoms. The van der Waals surface area contributed by atoms with E-state index in [1.165, 1.54) is 13.2 Å². The van der Waals surface area contributed by atoms with Crippen LogP contribution in [0.3, 0.4) is 0 Å². The molecule has 0 saturated heterocycles. The summed E-state index contributed by atoms with van der Waals surface area (Å²) in [6.45, 7) is 5.87. The lowest BCUT2D eigenvalue weighted by Crippen LogP contribution is -2.52. The Morgan fingerprint density at radius 2 is 1.91 bits per heavy atom. The molecular weight excluding hydrogens is 363 g/mol. The molecular formula is C18H20BrFO3. The lowest BCUT2D eigenvalue weighted by atomic mass is 9.54. The van der Waals surface area contributed by atoms with Gasteiger partial charge < -0.3 is 4.74 Å². The second-order valence-corrected chi connectivity index (χ2v) is 8.26. The first-order valence-electron chi connectivity index (χ1n) is 7.76. The van der Waals surface area contributed by atoms with Crippen molar-refractivity contribution < 1.29 is 18.7 Å². The molecule has 3 unspecified atom stereocenters. The lowest BCUT2D eigenvalue weighted by molar-refractivity contribution is -0.149. The maximum Gasteiger partial charge on any atom is 0.154 e. The van der Waals surface area contributed by atoms with Crippen molar-refractivity contribution in [2.45, 2.75) is 39.5 Å². The molecule has 2 fully saturated rings. The molecule has 3 atom stereocenters. The Bertz CT molecular complexity index is 712. The summed E-state index contributed by atoms with van der Waals surface area (Å²) < 4.78 is 20.4. The van der Waals surface area contributed by atoms with Crippen LogP contribution < -0.4 is 4.74 Å². The maximum absolute atomic E-state index is 14.6. The standard InChI is InChI=1S/C18H20BrFO3/c1-17(2)10-5-6-18(17,3)16(22)14(15(10)21)13-11(20)7-9(19)8-12(13)23-4/h7-8,10,14H,5-6H2,1-4H3. The van der Waals surface area contributed by atoms with Gasteiger partial charge in [0, 0.05) is 21.4 Å². The highest BCUT2D eigenvalue weighted by Crippen LogP contribution is 2.63. The Hall–Kier alpha value is -1.23. The number of hydrogen-bond acceptors (Lipinski definition) is 3. The Balaban J connectivity index is 2.20. The fraction of sp³-hybridized carbons (Fsp3) is 0.556. The molecule has 124 valence electrons. The SMILES string of the molecule is COc1cc(Br)cc(F)c1C1C(=O)C2CCC(C)(C1=O)C2(C)C. The van der Waals surface area contributed by atoms with Crippen LogP contribution in [0.25, 0.3) is 0 Å². The number of halogens is 2. The number of ketones is 2. The molecule has 3 rings (SSSR count). The Labute approximate surface area is 143 Å². The number of carbonyl (C=O) groups is 2. The predicted molar refractivity (Wildman–Crippen MR) is 88.0 cm³/mol. The van der Waals surface area contributed by atoms with E-state index in [1.54, 1.807) is 6.07 Å². The van der Waals surface area contributed by atoms with E-state index in [-0.39, 0.29) is 28.8 Å². The van der Waals surface area contributed by atoms with E-state index >= 15 is 0 Å². The average molecular weight is 383 g/mol. The smallest absolute Gasteiger partial charge is 0.154 e. The molecule has 1 aromatic rings. The Morgan fingerprint density at radius 1 is 1.26 bits per heavy atom. The fourth-order valence-electron chi connectivity index (χ4n) is 4.37. The molecule has 2 bridgehead atoms. The average Bonchev–Trinajstić information content (AvgIpc) is 2.65. The van der Waals surface area contributed by atoms with Crippen molar-refractivity contribution in [3.63, 3.8) is 0 Å². The van der Waals surface area contributed by atoms with Crippen LogP contribution >= 0.6 is 15.9 Å². The third-order valence-corrected chi connectivity index (χ3v) is 6.68. The first-order valence-corrected chi connectivity index (χ1v) is 8.55. The van der Waals surface area contributed by atoms with Gasteiger partial charge in [0.15, 0.2) is 11.6 Å². The first kappa shape index (κ1) is 16.6. The van der Waals surface area contributed by atoms with Crippen LogP contribution in [-0.2, 0) is 9.59 Å². The van der Waals surface area contributed by atoms with E-state index in [2.05, 4.69) is 15.9 Å². The van der Waals surface area contributed by atoms with Gasteiger partial charge in [-0.25, -0.2) is 4.39 Å². The second-order valence-electron chi connectivity index (χ2n) is 7.35. The van der Waals surface area contributed by atoms with E-state index in [4.69, 9.17) is 4.74 Å². The van der Waals surface area contributed by atoms with Crippen molar-refractivity contribution in [2.75, 3.05) is 7.11 Å². The van der Waals surface area contributed by atoms with Gasteiger partial charge in [0.05, 0.1) is 7.11 Å². The van der Waals surface area contributed by atoms with E-state index in [1.807, 2.05) is 20.8 Å². The lowest BCUT2D eigenvalue weighted by Gasteiger charge is -2.46. The number of methoxy groups -OCH3 is 1. The highest BCUT2D eigenvalue weighted by molar-refractivity contribution is 9.10. The summed E-state index contributed by atoms with van der Waals surface area (Å²) in [7, 11) is 1.42. The quantitative estimate of drug-likeness (QED) is 0.717. The Kier molecular flexibility index (Phi) is 3.71. The van der Waals surface area contributed by atoms with Crippen LogP contribution in [0.15, 0.2) is 16.6 Å². The van der Waals surface area contributed by atoms with Gasteiger partial charge in [-0.3, -0.25) is 9.59 Å². The minimum atomic E-state index is -1.07. The molecule has 1 aromatic carbocycles. The second kappa shape index (κ2) is 5.13. The summed E-state index contributed by atoms with van der Waals surface area (Å²) in [5, 5.41) is 0. The van der Waals surface area contributed by atoms with Gasteiger partial charge in [-0.1, -0.05) is 36.7 Å². The number of rotatable bonds is 2. The summed E-state index contributed by atoms with van der Waals surface area (Å²) in [5.74, 6) is -1.97.